The van der Waals surface area contributed by atoms with Crippen LogP contribution in [0.4, 0.5) is 5.13 Å². The summed E-state index contributed by atoms with van der Waals surface area (Å²) < 4.78 is 0. The second-order valence-electron chi connectivity index (χ2n) is 3.93. The highest BCUT2D eigenvalue weighted by molar-refractivity contribution is 7.17. The molecule has 1 aromatic heterocycles. The zero-order valence-corrected chi connectivity index (χ0v) is 11.6. The number of hydrogen-bond donors (Lipinski definition) is 2. The Balaban J connectivity index is 0.00000128. The van der Waals surface area contributed by atoms with Crippen LogP contribution in [0.5, 0.6) is 0 Å². The molecule has 1 aliphatic carbocycles. The quantitative estimate of drug-likeness (QED) is 0.822. The molecule has 1 aliphatic rings. The van der Waals surface area contributed by atoms with E-state index in [1.54, 1.807) is 6.20 Å². The third-order valence-corrected chi connectivity index (χ3v) is 3.67. The maximum atomic E-state index is 12.0. The minimum Gasteiger partial charge on any atom is -0.393 e. The van der Waals surface area contributed by atoms with Crippen molar-refractivity contribution in [2.45, 2.75) is 31.8 Å². The number of carbonyl (C=O) groups excluding carboxylic acids is 1. The van der Waals surface area contributed by atoms with E-state index in [-0.39, 0.29) is 42.6 Å². The number of nitrogens with two attached hydrogens (primary N) is 1. The summed E-state index contributed by atoms with van der Waals surface area (Å²) in [5, 5.41) is 9.78. The fourth-order valence-corrected chi connectivity index (χ4v) is 2.64. The van der Waals surface area contributed by atoms with Crippen molar-refractivity contribution in [1.82, 2.24) is 4.98 Å². The molecule has 1 aromatic rings. The van der Waals surface area contributed by atoms with Gasteiger partial charge in [-0.25, -0.2) is 4.98 Å². The number of aromatic nitrogens is 1. The number of aliphatic hydroxyl groups excluding tert-OH is 1. The molecular formula is C10H16Cl2N2O2S. The maximum absolute atomic E-state index is 12.0. The average Bonchev–Trinajstić information content (AvgIpc) is 2.65. The van der Waals surface area contributed by atoms with Crippen LogP contribution in [0.25, 0.3) is 0 Å². The highest BCUT2D eigenvalue weighted by atomic mass is 35.5. The fourth-order valence-electron chi connectivity index (χ4n) is 1.94. The van der Waals surface area contributed by atoms with E-state index in [4.69, 9.17) is 5.73 Å². The van der Waals surface area contributed by atoms with Gasteiger partial charge in [0.15, 0.2) is 10.9 Å². The molecule has 17 heavy (non-hydrogen) atoms. The molecule has 4 nitrogen and oxygen atoms in total. The summed E-state index contributed by atoms with van der Waals surface area (Å²) in [6.45, 7) is 0. The predicted octanol–water partition coefficient (Wildman–Crippen LogP) is 2.30. The average molecular weight is 299 g/mol. The lowest BCUT2D eigenvalue weighted by Gasteiger charge is -2.23. The van der Waals surface area contributed by atoms with Crippen molar-refractivity contribution in [2.24, 2.45) is 5.92 Å². The van der Waals surface area contributed by atoms with E-state index < -0.39 is 0 Å². The Morgan fingerprint density at radius 1 is 1.35 bits per heavy atom. The van der Waals surface area contributed by atoms with Crippen molar-refractivity contribution >= 4 is 47.1 Å². The van der Waals surface area contributed by atoms with Gasteiger partial charge in [0, 0.05) is 5.92 Å². The number of carbonyl (C=O) groups is 1. The normalized spacial score (nSPS) is 23.4. The Morgan fingerprint density at radius 3 is 2.41 bits per heavy atom. The molecule has 7 heteroatoms. The summed E-state index contributed by atoms with van der Waals surface area (Å²) in [6, 6.07) is 0. The number of hydrogen-bond acceptors (Lipinski definition) is 5. The third-order valence-electron chi connectivity index (χ3n) is 2.83. The Bertz CT molecular complexity index is 365. The molecule has 3 N–H and O–H groups in total. The van der Waals surface area contributed by atoms with Crippen molar-refractivity contribution in [3.8, 4) is 0 Å². The number of rotatable bonds is 2. The molecule has 1 saturated carbocycles. The van der Waals surface area contributed by atoms with Crippen molar-refractivity contribution in [1.29, 1.82) is 0 Å². The van der Waals surface area contributed by atoms with Crippen molar-refractivity contribution in [3.05, 3.63) is 11.1 Å². The molecule has 0 bridgehead atoms. The van der Waals surface area contributed by atoms with Gasteiger partial charge in [-0.3, -0.25) is 4.79 Å². The van der Waals surface area contributed by atoms with Gasteiger partial charge in [-0.1, -0.05) is 11.3 Å². The molecule has 0 aliphatic heterocycles. The van der Waals surface area contributed by atoms with E-state index in [2.05, 4.69) is 4.98 Å². The van der Waals surface area contributed by atoms with E-state index in [0.29, 0.717) is 10.0 Å². The molecule has 98 valence electrons. The Kier molecular flexibility index (Phi) is 7.01. The second kappa shape index (κ2) is 7.16. The van der Waals surface area contributed by atoms with Gasteiger partial charge < -0.3 is 10.8 Å². The van der Waals surface area contributed by atoms with Crippen molar-refractivity contribution in [3.63, 3.8) is 0 Å². The Labute approximate surface area is 116 Å². The number of ketones is 1. The number of nitrogen functional groups attached to an aromatic ring is 1. The first kappa shape index (κ1) is 16.6. The lowest BCUT2D eigenvalue weighted by molar-refractivity contribution is 0.0768. The minimum atomic E-state index is -0.222. The molecule has 1 heterocycles. The van der Waals surface area contributed by atoms with E-state index in [9.17, 15) is 9.90 Å². The largest absolute Gasteiger partial charge is 0.393 e. The number of thiazole rings is 1. The van der Waals surface area contributed by atoms with Crippen LogP contribution in [0.1, 0.15) is 35.4 Å². The summed E-state index contributed by atoms with van der Waals surface area (Å²) >= 11 is 1.24. The van der Waals surface area contributed by atoms with E-state index in [0.717, 1.165) is 25.7 Å². The summed E-state index contributed by atoms with van der Waals surface area (Å²) in [6.07, 6.45) is 4.33. The van der Waals surface area contributed by atoms with Gasteiger partial charge in [-0.05, 0) is 25.7 Å². The molecule has 1 fully saturated rings. The van der Waals surface area contributed by atoms with Crippen LogP contribution in [-0.2, 0) is 0 Å². The summed E-state index contributed by atoms with van der Waals surface area (Å²) in [5.74, 6) is 0.185. The fraction of sp³-hybridized carbons (Fsp3) is 0.600. The first-order chi connectivity index (χ1) is 7.16. The Morgan fingerprint density at radius 2 is 1.94 bits per heavy atom. The van der Waals surface area contributed by atoms with E-state index in [1.807, 2.05) is 0 Å². The lowest BCUT2D eigenvalue weighted by atomic mass is 9.84. The topological polar surface area (TPSA) is 76.2 Å². The summed E-state index contributed by atoms with van der Waals surface area (Å²) in [5.41, 5.74) is 5.48. The van der Waals surface area contributed by atoms with Gasteiger partial charge >= 0.3 is 0 Å². The van der Waals surface area contributed by atoms with Crippen LogP contribution in [0.2, 0.25) is 0 Å². The van der Waals surface area contributed by atoms with Crippen LogP contribution >= 0.6 is 36.2 Å². The summed E-state index contributed by atoms with van der Waals surface area (Å²) in [7, 11) is 0. The second-order valence-corrected chi connectivity index (χ2v) is 4.99. The molecule has 0 radical (unpaired) electrons. The lowest BCUT2D eigenvalue weighted by Crippen LogP contribution is -2.23. The number of Topliss-reactive ketones (excluding diaryl/α,β-unsaturated/α-hetero) is 1. The third kappa shape index (κ3) is 4.10. The zero-order valence-electron chi connectivity index (χ0n) is 9.17. The van der Waals surface area contributed by atoms with Gasteiger partial charge in [-0.2, -0.15) is 0 Å². The molecule has 2 rings (SSSR count). The van der Waals surface area contributed by atoms with Crippen LogP contribution in [0.3, 0.4) is 0 Å². The Hall–Kier alpha value is -0.360. The molecule has 0 amide bonds. The van der Waals surface area contributed by atoms with Gasteiger partial charge in [0.05, 0.1) is 17.2 Å². The van der Waals surface area contributed by atoms with E-state index in [1.165, 1.54) is 11.3 Å². The number of aliphatic hydroxyl groups is 1. The van der Waals surface area contributed by atoms with Crippen LogP contribution in [0.15, 0.2) is 6.20 Å². The van der Waals surface area contributed by atoms with Gasteiger partial charge in [0.2, 0.25) is 0 Å². The predicted molar refractivity (Wildman–Crippen MR) is 73.3 cm³/mol. The minimum absolute atomic E-state index is 0. The standard InChI is InChI=1S/C10H14N2O2S.2ClH/c11-10-12-5-8(15-10)9(14)6-1-3-7(13)4-2-6;;/h5-7,13H,1-4H2,(H2,11,12);2*1H. The monoisotopic (exact) mass is 298 g/mol. The smallest absolute Gasteiger partial charge is 0.180 e. The molecule has 0 aromatic carbocycles. The van der Waals surface area contributed by atoms with Crippen LogP contribution in [-0.4, -0.2) is 22.0 Å². The molecule has 0 atom stereocenters. The van der Waals surface area contributed by atoms with Crippen LogP contribution in [0, 0.1) is 5.92 Å². The van der Waals surface area contributed by atoms with Gasteiger partial charge in [-0.15, -0.1) is 24.8 Å². The zero-order chi connectivity index (χ0) is 10.8. The first-order valence-electron chi connectivity index (χ1n) is 5.10. The van der Waals surface area contributed by atoms with Crippen molar-refractivity contribution in [2.75, 3.05) is 5.73 Å². The molecular weight excluding hydrogens is 283 g/mol. The number of nitrogens with zero attached hydrogens (tertiary/aromatic N) is 1. The highest BCUT2D eigenvalue weighted by Gasteiger charge is 2.26. The van der Waals surface area contributed by atoms with Gasteiger partial charge in [0.25, 0.3) is 0 Å². The number of anilines is 1. The summed E-state index contributed by atoms with van der Waals surface area (Å²) in [4.78, 5) is 16.5. The van der Waals surface area contributed by atoms with Crippen LogP contribution < -0.4 is 5.73 Å². The first-order valence-corrected chi connectivity index (χ1v) is 5.92. The molecule has 0 saturated heterocycles. The molecule has 0 spiro atoms. The number of halogens is 2. The van der Waals surface area contributed by atoms with Crippen molar-refractivity contribution < 1.29 is 9.90 Å². The molecule has 0 unspecified atom stereocenters. The van der Waals surface area contributed by atoms with E-state index >= 15 is 0 Å². The van der Waals surface area contributed by atoms with Gasteiger partial charge in [0.1, 0.15) is 0 Å². The maximum Gasteiger partial charge on any atom is 0.180 e. The SMILES string of the molecule is Cl.Cl.Nc1ncc(C(=O)C2CCC(O)CC2)s1. The highest BCUT2D eigenvalue weighted by Crippen LogP contribution is 2.29.